The monoisotopic (exact) mass is 492 g/mol. The molecule has 1 aliphatic rings. The van der Waals surface area contributed by atoms with Crippen molar-refractivity contribution in [2.45, 2.75) is 17.0 Å². The van der Waals surface area contributed by atoms with Crippen LogP contribution < -0.4 is 0 Å². The van der Waals surface area contributed by atoms with Crippen molar-refractivity contribution in [1.29, 1.82) is 0 Å². The lowest BCUT2D eigenvalue weighted by Crippen LogP contribution is -2.49. The summed E-state index contributed by atoms with van der Waals surface area (Å²) in [4.78, 5) is 20.7. The average molecular weight is 493 g/mol. The van der Waals surface area contributed by atoms with Crippen LogP contribution in [0.5, 0.6) is 0 Å². The topological polar surface area (TPSA) is 113 Å². The first-order chi connectivity index (χ1) is 16.8. The van der Waals surface area contributed by atoms with Gasteiger partial charge in [0.05, 0.1) is 12.4 Å². The number of rotatable bonds is 9. The molecule has 35 heavy (non-hydrogen) atoms. The summed E-state index contributed by atoms with van der Waals surface area (Å²) in [7, 11) is 0. The number of H-pyrrole nitrogens is 1. The number of benzene rings is 2. The summed E-state index contributed by atoms with van der Waals surface area (Å²) in [6.45, 7) is 5.65. The van der Waals surface area contributed by atoms with Crippen LogP contribution in [0.2, 0.25) is 0 Å². The normalized spacial score (nSPS) is 15.8. The van der Waals surface area contributed by atoms with Crippen LogP contribution in [0.25, 0.3) is 11.2 Å². The van der Waals surface area contributed by atoms with E-state index in [4.69, 9.17) is 0 Å². The number of β-amino-alcohol motifs (C(OH)–C–C–N with tert-alkyl or cyclic N) is 1. The van der Waals surface area contributed by atoms with Crippen LogP contribution in [0.1, 0.15) is 17.0 Å². The first kappa shape index (κ1) is 25.3. The van der Waals surface area contributed by atoms with Crippen molar-refractivity contribution < 1.29 is 10.6 Å². The van der Waals surface area contributed by atoms with E-state index in [2.05, 4.69) is 90.4 Å². The molecule has 0 spiro atoms. The van der Waals surface area contributed by atoms with Gasteiger partial charge in [-0.05, 0) is 11.1 Å². The molecule has 5 rings (SSSR count). The van der Waals surface area contributed by atoms with E-state index in [1.54, 1.807) is 18.1 Å². The van der Waals surface area contributed by atoms with Crippen molar-refractivity contribution in [3.05, 3.63) is 84.4 Å². The molecule has 1 aliphatic heterocycles. The predicted octanol–water partition coefficient (Wildman–Crippen LogP) is 2.43. The zero-order chi connectivity index (χ0) is 23.2. The van der Waals surface area contributed by atoms with Crippen LogP contribution in [0, 0.1) is 0 Å². The molecule has 9 heteroatoms. The first-order valence-electron chi connectivity index (χ1n) is 11.8. The molecular formula is C26H32N6O2S. The van der Waals surface area contributed by atoms with Crippen LogP contribution in [0.3, 0.4) is 0 Å². The van der Waals surface area contributed by atoms with Gasteiger partial charge in [0.2, 0.25) is 0 Å². The second-order valence-electron chi connectivity index (χ2n) is 8.72. The smallest absolute Gasteiger partial charge is 0.181 e. The number of thioether (sulfide) groups is 1. The number of nitrogens with one attached hydrogen (secondary N) is 1. The van der Waals surface area contributed by atoms with Crippen LogP contribution in [0.4, 0.5) is 0 Å². The van der Waals surface area contributed by atoms with E-state index < -0.39 is 6.10 Å². The van der Waals surface area contributed by atoms with Gasteiger partial charge in [0.25, 0.3) is 0 Å². The lowest BCUT2D eigenvalue weighted by atomic mass is 9.90. The third-order valence-electron chi connectivity index (χ3n) is 6.38. The van der Waals surface area contributed by atoms with E-state index >= 15 is 0 Å². The maximum Gasteiger partial charge on any atom is 0.181 e. The van der Waals surface area contributed by atoms with Gasteiger partial charge in [0.15, 0.2) is 5.65 Å². The zero-order valence-corrected chi connectivity index (χ0v) is 20.4. The lowest BCUT2D eigenvalue weighted by molar-refractivity contribution is 0.0815. The first-order valence-corrected chi connectivity index (χ1v) is 12.7. The summed E-state index contributed by atoms with van der Waals surface area (Å²) < 4.78 is 0. The molecule has 2 aromatic heterocycles. The van der Waals surface area contributed by atoms with Crippen molar-refractivity contribution in [3.63, 3.8) is 0 Å². The molecule has 1 saturated heterocycles. The Morgan fingerprint density at radius 1 is 0.829 bits per heavy atom. The standard InChI is InChI=1S/C26H30N6OS.H2O/c33-22(17-34-26-24-25(28-18-27-24)29-19-30-26)15-31-11-13-32(14-12-31)16-23(20-7-3-1-4-8-20)21-9-5-2-6-10-21;/h1-10,18-19,22-23,33H,11-17H2,(H,27,28,29,30);1H2. The van der Waals surface area contributed by atoms with Gasteiger partial charge in [0, 0.05) is 50.9 Å². The van der Waals surface area contributed by atoms with E-state index in [0.717, 1.165) is 43.3 Å². The Labute approximate surface area is 209 Å². The predicted molar refractivity (Wildman–Crippen MR) is 140 cm³/mol. The number of aliphatic hydroxyl groups excluding tert-OH is 1. The van der Waals surface area contributed by atoms with Crippen molar-refractivity contribution in [3.8, 4) is 0 Å². The number of fused-ring (bicyclic) bond motifs is 1. The van der Waals surface area contributed by atoms with Crippen LogP contribution in [-0.2, 0) is 0 Å². The number of hydrogen-bond donors (Lipinski definition) is 2. The van der Waals surface area contributed by atoms with Crippen molar-refractivity contribution in [2.24, 2.45) is 0 Å². The van der Waals surface area contributed by atoms with Gasteiger partial charge in [-0.1, -0.05) is 60.7 Å². The highest BCUT2D eigenvalue weighted by Gasteiger charge is 2.23. The van der Waals surface area contributed by atoms with Crippen LogP contribution in [-0.4, -0.2) is 91.4 Å². The van der Waals surface area contributed by atoms with Gasteiger partial charge in [-0.2, -0.15) is 0 Å². The van der Waals surface area contributed by atoms with E-state index in [-0.39, 0.29) is 5.48 Å². The molecule has 184 valence electrons. The SMILES string of the molecule is O.OC(CSc1ncnc2nc[nH]c12)CN1CCN(CC(c2ccccc2)c2ccccc2)CC1. The molecule has 3 heterocycles. The zero-order valence-electron chi connectivity index (χ0n) is 19.6. The molecule has 0 radical (unpaired) electrons. The Morgan fingerprint density at radius 3 is 2.06 bits per heavy atom. The Hall–Kier alpha value is -2.82. The average Bonchev–Trinajstić information content (AvgIpc) is 3.38. The quantitative estimate of drug-likeness (QED) is 0.273. The lowest BCUT2D eigenvalue weighted by Gasteiger charge is -2.37. The summed E-state index contributed by atoms with van der Waals surface area (Å²) in [5.41, 5.74) is 4.21. The summed E-state index contributed by atoms with van der Waals surface area (Å²) in [6, 6.07) is 21.6. The van der Waals surface area contributed by atoms with Crippen LogP contribution in [0.15, 0.2) is 78.3 Å². The molecule has 0 bridgehead atoms. The van der Waals surface area contributed by atoms with Gasteiger partial charge < -0.3 is 15.6 Å². The van der Waals surface area contributed by atoms with Gasteiger partial charge in [-0.25, -0.2) is 15.0 Å². The molecule has 0 amide bonds. The van der Waals surface area contributed by atoms with Gasteiger partial charge >= 0.3 is 0 Å². The van der Waals surface area contributed by atoms with Crippen molar-refractivity contribution in [2.75, 3.05) is 45.0 Å². The van der Waals surface area contributed by atoms with Gasteiger partial charge in [-0.3, -0.25) is 9.80 Å². The summed E-state index contributed by atoms with van der Waals surface area (Å²) >= 11 is 1.55. The molecule has 1 unspecified atom stereocenters. The Balaban J connectivity index is 0.00000289. The third kappa shape index (κ3) is 6.45. The van der Waals surface area contributed by atoms with Gasteiger partial charge in [-0.15, -0.1) is 11.8 Å². The maximum absolute atomic E-state index is 10.6. The molecule has 8 nitrogen and oxygen atoms in total. The minimum atomic E-state index is -0.411. The third-order valence-corrected chi connectivity index (χ3v) is 7.51. The van der Waals surface area contributed by atoms with Crippen LogP contribution >= 0.6 is 11.8 Å². The number of hydrogen-bond acceptors (Lipinski definition) is 7. The number of aromatic amines is 1. The molecule has 1 fully saturated rings. The summed E-state index contributed by atoms with van der Waals surface area (Å²) in [6.07, 6.45) is 2.74. The fraction of sp³-hybridized carbons (Fsp3) is 0.346. The van der Waals surface area contributed by atoms with E-state index in [0.29, 0.717) is 23.9 Å². The molecule has 4 N–H and O–H groups in total. The summed E-state index contributed by atoms with van der Waals surface area (Å²) in [5, 5.41) is 11.5. The highest BCUT2D eigenvalue weighted by Crippen LogP contribution is 2.26. The Morgan fingerprint density at radius 2 is 1.43 bits per heavy atom. The fourth-order valence-corrected chi connectivity index (χ4v) is 5.44. The molecule has 4 aromatic rings. The fourth-order valence-electron chi connectivity index (χ4n) is 4.56. The maximum atomic E-state index is 10.6. The number of imidazole rings is 1. The molecule has 2 aromatic carbocycles. The number of aromatic nitrogens is 4. The number of piperazine rings is 1. The largest absolute Gasteiger partial charge is 0.412 e. The van der Waals surface area contributed by atoms with Gasteiger partial charge in [0.1, 0.15) is 16.9 Å². The summed E-state index contributed by atoms with van der Waals surface area (Å²) in [5.74, 6) is 0.957. The second kappa shape index (κ2) is 12.2. The van der Waals surface area contributed by atoms with E-state index in [9.17, 15) is 5.11 Å². The number of nitrogens with zero attached hydrogens (tertiary/aromatic N) is 5. The molecule has 1 atom stereocenters. The Kier molecular flexibility index (Phi) is 8.84. The Bertz CT molecular complexity index is 1130. The second-order valence-corrected chi connectivity index (χ2v) is 9.73. The minimum absolute atomic E-state index is 0. The minimum Gasteiger partial charge on any atom is -0.412 e. The molecule has 0 saturated carbocycles. The highest BCUT2D eigenvalue weighted by molar-refractivity contribution is 7.99. The van der Waals surface area contributed by atoms with Crippen molar-refractivity contribution >= 4 is 22.9 Å². The van der Waals surface area contributed by atoms with E-state index in [1.165, 1.54) is 17.5 Å². The highest BCUT2D eigenvalue weighted by atomic mass is 32.2. The number of aliphatic hydroxyl groups is 1. The molecule has 0 aliphatic carbocycles. The van der Waals surface area contributed by atoms with E-state index in [1.807, 2.05) is 0 Å². The molecular weight excluding hydrogens is 460 g/mol. The van der Waals surface area contributed by atoms with Crippen molar-refractivity contribution in [1.82, 2.24) is 29.7 Å².